The highest BCUT2D eigenvalue weighted by molar-refractivity contribution is 5.84. The van der Waals surface area contributed by atoms with Crippen molar-refractivity contribution in [3.05, 3.63) is 6.33 Å². The van der Waals surface area contributed by atoms with Crippen LogP contribution in [-0.4, -0.2) is 61.5 Å². The van der Waals surface area contributed by atoms with Crippen LogP contribution in [0.5, 0.6) is 0 Å². The number of fused-ring (bicyclic) bond motifs is 1. The number of likely N-dealkylation sites (tertiary alicyclic amines) is 1. The Morgan fingerprint density at radius 2 is 1.70 bits per heavy atom. The molecule has 9 nitrogen and oxygen atoms in total. The van der Waals surface area contributed by atoms with Gasteiger partial charge in [0.15, 0.2) is 17.0 Å². The summed E-state index contributed by atoms with van der Waals surface area (Å²) < 4.78 is 2.26. The first-order valence-electron chi connectivity index (χ1n) is 12.9. The zero-order valence-electron chi connectivity index (χ0n) is 19.8. The van der Waals surface area contributed by atoms with Gasteiger partial charge in [-0.3, -0.25) is 4.79 Å². The SMILES string of the molecule is CCC(=O)N1CCC(Nc2nc(N[C@H]3CC[C@H](N)CC3)nc3c2ncn3C2CCCC2)CC1. The lowest BCUT2D eigenvalue weighted by Gasteiger charge is -2.32. The van der Waals surface area contributed by atoms with Gasteiger partial charge in [-0.1, -0.05) is 19.8 Å². The number of carbonyl (C=O) groups excluding carboxylic acids is 1. The van der Waals surface area contributed by atoms with Crippen LogP contribution in [0.4, 0.5) is 11.8 Å². The number of anilines is 2. The third-order valence-electron chi connectivity index (χ3n) is 7.74. The van der Waals surface area contributed by atoms with Crippen molar-refractivity contribution in [1.82, 2.24) is 24.4 Å². The monoisotopic (exact) mass is 454 g/mol. The first-order valence-corrected chi connectivity index (χ1v) is 12.9. The Kier molecular flexibility index (Phi) is 6.66. The van der Waals surface area contributed by atoms with Gasteiger partial charge in [-0.15, -0.1) is 0 Å². The summed E-state index contributed by atoms with van der Waals surface area (Å²) in [5, 5.41) is 7.26. The quantitative estimate of drug-likeness (QED) is 0.613. The van der Waals surface area contributed by atoms with Crippen LogP contribution in [0, 0.1) is 0 Å². The van der Waals surface area contributed by atoms with Gasteiger partial charge in [-0.2, -0.15) is 9.97 Å². The van der Waals surface area contributed by atoms with Crippen molar-refractivity contribution < 1.29 is 4.79 Å². The second-order valence-electron chi connectivity index (χ2n) is 10.1. The molecule has 2 saturated carbocycles. The van der Waals surface area contributed by atoms with Gasteiger partial charge in [-0.05, 0) is 51.4 Å². The maximum atomic E-state index is 12.0. The van der Waals surface area contributed by atoms with Gasteiger partial charge in [0.05, 0.1) is 6.33 Å². The summed E-state index contributed by atoms with van der Waals surface area (Å²) >= 11 is 0. The topological polar surface area (TPSA) is 114 Å². The molecule has 9 heteroatoms. The minimum atomic E-state index is 0.242. The zero-order chi connectivity index (χ0) is 22.8. The second kappa shape index (κ2) is 9.83. The predicted octanol–water partition coefficient (Wildman–Crippen LogP) is 3.44. The van der Waals surface area contributed by atoms with Gasteiger partial charge in [0.25, 0.3) is 0 Å². The van der Waals surface area contributed by atoms with Crippen molar-refractivity contribution in [3.63, 3.8) is 0 Å². The van der Waals surface area contributed by atoms with E-state index in [0.29, 0.717) is 30.5 Å². The molecule has 0 unspecified atom stereocenters. The van der Waals surface area contributed by atoms with Gasteiger partial charge in [0, 0.05) is 43.7 Å². The van der Waals surface area contributed by atoms with E-state index in [1.165, 1.54) is 25.7 Å². The summed E-state index contributed by atoms with van der Waals surface area (Å²) in [6, 6.07) is 1.43. The number of piperidine rings is 1. The van der Waals surface area contributed by atoms with Crippen molar-refractivity contribution in [3.8, 4) is 0 Å². The predicted molar refractivity (Wildman–Crippen MR) is 130 cm³/mol. The Morgan fingerprint density at radius 3 is 2.39 bits per heavy atom. The lowest BCUT2D eigenvalue weighted by Crippen LogP contribution is -2.42. The molecule has 3 fully saturated rings. The van der Waals surface area contributed by atoms with Crippen LogP contribution >= 0.6 is 0 Å². The van der Waals surface area contributed by atoms with Crippen LogP contribution in [0.25, 0.3) is 11.2 Å². The molecule has 0 radical (unpaired) electrons. The van der Waals surface area contributed by atoms with Gasteiger partial charge >= 0.3 is 0 Å². The number of hydrogen-bond acceptors (Lipinski definition) is 7. The highest BCUT2D eigenvalue weighted by Gasteiger charge is 2.26. The molecule has 1 amide bonds. The maximum Gasteiger partial charge on any atom is 0.227 e. The Bertz CT molecular complexity index is 953. The maximum absolute atomic E-state index is 12.0. The van der Waals surface area contributed by atoms with E-state index in [9.17, 15) is 4.79 Å². The van der Waals surface area contributed by atoms with Gasteiger partial charge in [0.2, 0.25) is 11.9 Å². The van der Waals surface area contributed by atoms with E-state index in [1.807, 2.05) is 18.2 Å². The number of rotatable bonds is 6. The fourth-order valence-corrected chi connectivity index (χ4v) is 5.67. The number of nitrogens with two attached hydrogens (primary N) is 1. The fourth-order valence-electron chi connectivity index (χ4n) is 5.67. The van der Waals surface area contributed by atoms with Crippen LogP contribution in [0.1, 0.15) is 83.6 Å². The Hall–Kier alpha value is -2.42. The molecule has 0 aromatic carbocycles. The molecule has 2 aromatic rings. The number of imidazole rings is 1. The van der Waals surface area contributed by atoms with E-state index in [1.54, 1.807) is 0 Å². The highest BCUT2D eigenvalue weighted by Crippen LogP contribution is 2.33. The largest absolute Gasteiger partial charge is 0.365 e. The number of amides is 1. The molecule has 5 rings (SSSR count). The Morgan fingerprint density at radius 1 is 1.00 bits per heavy atom. The molecule has 0 atom stereocenters. The summed E-state index contributed by atoms with van der Waals surface area (Å²) in [5.74, 6) is 1.74. The third-order valence-corrected chi connectivity index (χ3v) is 7.74. The number of aromatic nitrogens is 4. The molecule has 3 aliphatic rings. The second-order valence-corrected chi connectivity index (χ2v) is 10.1. The standard InChI is InChI=1S/C24H38N8O/c1-2-20(33)31-13-11-18(12-14-31)27-22-21-23(32(15-26-21)19-5-3-4-6-19)30-24(29-22)28-17-9-7-16(25)8-10-17/h15-19H,2-14,25H2,1H3,(H2,27,28,29,30)/t16-,17-. The lowest BCUT2D eigenvalue weighted by atomic mass is 9.92. The Balaban J connectivity index is 1.38. The molecule has 2 aliphatic carbocycles. The molecule has 3 heterocycles. The molecule has 0 bridgehead atoms. The molecule has 1 saturated heterocycles. The van der Waals surface area contributed by atoms with Crippen molar-refractivity contribution in [2.45, 2.75) is 102 Å². The van der Waals surface area contributed by atoms with E-state index in [4.69, 9.17) is 20.7 Å². The smallest absolute Gasteiger partial charge is 0.227 e. The third kappa shape index (κ3) is 4.93. The number of carbonyl (C=O) groups is 1. The number of nitrogens with zero attached hydrogens (tertiary/aromatic N) is 5. The van der Waals surface area contributed by atoms with Crippen molar-refractivity contribution >= 4 is 28.8 Å². The van der Waals surface area contributed by atoms with E-state index in [-0.39, 0.29) is 11.9 Å². The average Bonchev–Trinajstić information content (AvgIpc) is 3.50. The fraction of sp³-hybridized carbons (Fsp3) is 0.750. The lowest BCUT2D eigenvalue weighted by molar-refractivity contribution is -0.131. The van der Waals surface area contributed by atoms with E-state index < -0.39 is 0 Å². The molecular formula is C24H38N8O. The summed E-state index contributed by atoms with van der Waals surface area (Å²) in [7, 11) is 0. The van der Waals surface area contributed by atoms with Crippen LogP contribution in [0.3, 0.4) is 0 Å². The molecule has 33 heavy (non-hydrogen) atoms. The first kappa shape index (κ1) is 22.4. The summed E-state index contributed by atoms with van der Waals surface area (Å²) in [6.45, 7) is 3.52. The zero-order valence-corrected chi connectivity index (χ0v) is 19.8. The molecule has 2 aromatic heterocycles. The molecule has 180 valence electrons. The summed E-state index contributed by atoms with van der Waals surface area (Å²) in [5.41, 5.74) is 7.88. The van der Waals surface area contributed by atoms with Crippen molar-refractivity contribution in [1.29, 1.82) is 0 Å². The van der Waals surface area contributed by atoms with Crippen molar-refractivity contribution in [2.75, 3.05) is 23.7 Å². The van der Waals surface area contributed by atoms with E-state index in [0.717, 1.165) is 68.6 Å². The minimum Gasteiger partial charge on any atom is -0.365 e. The van der Waals surface area contributed by atoms with Crippen LogP contribution in [0.15, 0.2) is 6.33 Å². The Labute approximate surface area is 195 Å². The highest BCUT2D eigenvalue weighted by atomic mass is 16.2. The number of nitrogens with one attached hydrogen (secondary N) is 2. The van der Waals surface area contributed by atoms with Crippen LogP contribution in [0.2, 0.25) is 0 Å². The van der Waals surface area contributed by atoms with Gasteiger partial charge in [-0.25, -0.2) is 4.98 Å². The van der Waals surface area contributed by atoms with E-state index in [2.05, 4.69) is 15.2 Å². The summed E-state index contributed by atoms with van der Waals surface area (Å²) in [6.07, 6.45) is 13.5. The van der Waals surface area contributed by atoms with Crippen molar-refractivity contribution in [2.24, 2.45) is 5.73 Å². The van der Waals surface area contributed by atoms with Crippen LogP contribution < -0.4 is 16.4 Å². The van der Waals surface area contributed by atoms with Crippen LogP contribution in [-0.2, 0) is 4.79 Å². The van der Waals surface area contributed by atoms with Gasteiger partial charge < -0.3 is 25.8 Å². The summed E-state index contributed by atoms with van der Waals surface area (Å²) in [4.78, 5) is 28.6. The molecule has 4 N–H and O–H groups in total. The minimum absolute atomic E-state index is 0.242. The average molecular weight is 455 g/mol. The first-order chi connectivity index (χ1) is 16.1. The normalized spacial score (nSPS) is 25.0. The molecular weight excluding hydrogens is 416 g/mol. The molecule has 0 spiro atoms. The number of hydrogen-bond donors (Lipinski definition) is 3. The van der Waals surface area contributed by atoms with Gasteiger partial charge in [0.1, 0.15) is 0 Å². The molecule has 1 aliphatic heterocycles. The van der Waals surface area contributed by atoms with E-state index >= 15 is 0 Å².